The highest BCUT2D eigenvalue weighted by Crippen LogP contribution is 2.48. The van der Waals surface area contributed by atoms with E-state index >= 15 is 0 Å². The molecule has 4 atom stereocenters. The number of anilines is 1. The molecule has 0 radical (unpaired) electrons. The van der Waals surface area contributed by atoms with E-state index < -0.39 is 11.9 Å². The van der Waals surface area contributed by atoms with Gasteiger partial charge < -0.3 is 16.2 Å². The molecule has 6 nitrogen and oxygen atoms in total. The van der Waals surface area contributed by atoms with Crippen molar-refractivity contribution in [3.8, 4) is 0 Å². The molecule has 4 unspecified atom stereocenters. The summed E-state index contributed by atoms with van der Waals surface area (Å²) in [6.45, 7) is 1.73. The van der Waals surface area contributed by atoms with Gasteiger partial charge in [-0.05, 0) is 38.0 Å². The van der Waals surface area contributed by atoms with Crippen molar-refractivity contribution in [3.63, 3.8) is 0 Å². The Kier molecular flexibility index (Phi) is 3.16. The Morgan fingerprint density at radius 1 is 1.40 bits per heavy atom. The van der Waals surface area contributed by atoms with Gasteiger partial charge >= 0.3 is 5.97 Å². The molecule has 1 aromatic rings. The summed E-state index contributed by atoms with van der Waals surface area (Å²) in [6, 6.07) is -0.263. The number of aromatic nitrogens is 1. The molecular formula is C13H17N3O3S. The first-order chi connectivity index (χ1) is 9.47. The van der Waals surface area contributed by atoms with E-state index in [1.165, 1.54) is 0 Å². The van der Waals surface area contributed by atoms with Crippen LogP contribution in [0.1, 0.15) is 34.6 Å². The predicted molar refractivity (Wildman–Crippen MR) is 74.5 cm³/mol. The van der Waals surface area contributed by atoms with E-state index in [0.717, 1.165) is 30.6 Å². The Bertz CT molecular complexity index is 571. The van der Waals surface area contributed by atoms with Crippen molar-refractivity contribution in [2.75, 3.05) is 5.73 Å². The number of carbonyl (C=O) groups excluding carboxylic acids is 1. The lowest BCUT2D eigenvalue weighted by Crippen LogP contribution is -2.46. The van der Waals surface area contributed by atoms with Gasteiger partial charge in [0.05, 0.1) is 11.6 Å². The van der Waals surface area contributed by atoms with Gasteiger partial charge in [0.15, 0.2) is 5.13 Å². The fourth-order valence-corrected chi connectivity index (χ4v) is 4.44. The first-order valence-corrected chi connectivity index (χ1v) is 7.55. The smallest absolute Gasteiger partial charge is 0.308 e. The fourth-order valence-electron chi connectivity index (χ4n) is 3.70. The number of fused-ring (bicyclic) bond motifs is 2. The summed E-state index contributed by atoms with van der Waals surface area (Å²) in [4.78, 5) is 28.2. The third-order valence-corrected chi connectivity index (χ3v) is 5.50. The van der Waals surface area contributed by atoms with Crippen LogP contribution in [0, 0.1) is 24.7 Å². The molecule has 7 heteroatoms. The van der Waals surface area contributed by atoms with E-state index in [9.17, 15) is 14.7 Å². The highest BCUT2D eigenvalue weighted by molar-refractivity contribution is 7.17. The number of nitrogens with one attached hydrogen (secondary N) is 1. The molecule has 1 aromatic heterocycles. The van der Waals surface area contributed by atoms with E-state index in [-0.39, 0.29) is 23.8 Å². The van der Waals surface area contributed by atoms with Crippen molar-refractivity contribution < 1.29 is 14.7 Å². The molecule has 0 spiro atoms. The maximum Gasteiger partial charge on any atom is 0.308 e. The quantitative estimate of drug-likeness (QED) is 0.778. The number of carboxylic acids is 1. The number of amides is 1. The summed E-state index contributed by atoms with van der Waals surface area (Å²) in [5.74, 6) is -1.02. The average molecular weight is 295 g/mol. The molecule has 2 aliphatic carbocycles. The second-order valence-corrected chi connectivity index (χ2v) is 6.69. The van der Waals surface area contributed by atoms with Crippen LogP contribution in [0.25, 0.3) is 0 Å². The minimum absolute atomic E-state index is 0.204. The molecule has 1 amide bonds. The van der Waals surface area contributed by atoms with Crippen molar-refractivity contribution >= 4 is 28.3 Å². The summed E-state index contributed by atoms with van der Waals surface area (Å²) in [7, 11) is 0. The molecule has 2 bridgehead atoms. The van der Waals surface area contributed by atoms with Gasteiger partial charge in [0, 0.05) is 6.04 Å². The van der Waals surface area contributed by atoms with Gasteiger partial charge in [-0.25, -0.2) is 4.98 Å². The number of carbonyl (C=O) groups is 2. The van der Waals surface area contributed by atoms with Crippen molar-refractivity contribution in [3.05, 3.63) is 10.6 Å². The Labute approximate surface area is 120 Å². The van der Waals surface area contributed by atoms with E-state index in [2.05, 4.69) is 10.3 Å². The van der Waals surface area contributed by atoms with Crippen LogP contribution in [0.5, 0.6) is 0 Å². The largest absolute Gasteiger partial charge is 0.481 e. The molecule has 20 heavy (non-hydrogen) atoms. The summed E-state index contributed by atoms with van der Waals surface area (Å²) in [5.41, 5.74) is 6.19. The summed E-state index contributed by atoms with van der Waals surface area (Å²) >= 11 is 1.14. The van der Waals surface area contributed by atoms with E-state index in [1.54, 1.807) is 6.92 Å². The van der Waals surface area contributed by atoms with Crippen LogP contribution in [-0.2, 0) is 4.79 Å². The van der Waals surface area contributed by atoms with Crippen molar-refractivity contribution in [1.82, 2.24) is 10.3 Å². The van der Waals surface area contributed by atoms with Crippen molar-refractivity contribution in [2.24, 2.45) is 17.8 Å². The van der Waals surface area contributed by atoms with Crippen molar-refractivity contribution in [1.29, 1.82) is 0 Å². The first kappa shape index (κ1) is 13.4. The lowest BCUT2D eigenvalue weighted by molar-refractivity contribution is -0.144. The van der Waals surface area contributed by atoms with Crippen LogP contribution in [0.2, 0.25) is 0 Å². The van der Waals surface area contributed by atoms with E-state index in [1.807, 2.05) is 0 Å². The topological polar surface area (TPSA) is 105 Å². The normalized spacial score (nSPS) is 31.4. The van der Waals surface area contributed by atoms with Gasteiger partial charge in [-0.3, -0.25) is 9.59 Å². The minimum atomic E-state index is -0.803. The SMILES string of the molecule is Cc1nc(N)sc1C(=O)NC1C2CCC(C2)C1C(=O)O. The van der Waals surface area contributed by atoms with Gasteiger partial charge in [0.1, 0.15) is 4.88 Å². The van der Waals surface area contributed by atoms with Gasteiger partial charge in [-0.15, -0.1) is 0 Å². The number of thiazole rings is 1. The van der Waals surface area contributed by atoms with Crippen LogP contribution in [0.15, 0.2) is 0 Å². The number of aryl methyl sites for hydroxylation is 1. The Morgan fingerprint density at radius 3 is 2.70 bits per heavy atom. The zero-order valence-corrected chi connectivity index (χ0v) is 11.9. The lowest BCUT2D eigenvalue weighted by atomic mass is 9.84. The van der Waals surface area contributed by atoms with E-state index in [0.29, 0.717) is 15.7 Å². The van der Waals surface area contributed by atoms with Gasteiger partial charge in [0.2, 0.25) is 0 Å². The molecule has 0 aromatic carbocycles. The van der Waals surface area contributed by atoms with Crippen LogP contribution in [0.3, 0.4) is 0 Å². The molecule has 4 N–H and O–H groups in total. The number of nitrogens with zero attached hydrogens (tertiary/aromatic N) is 1. The zero-order valence-electron chi connectivity index (χ0n) is 11.1. The van der Waals surface area contributed by atoms with Crippen LogP contribution >= 0.6 is 11.3 Å². The molecular weight excluding hydrogens is 278 g/mol. The second-order valence-electron chi connectivity index (χ2n) is 5.66. The number of rotatable bonds is 3. The maximum atomic E-state index is 12.3. The molecule has 3 rings (SSSR count). The highest BCUT2D eigenvalue weighted by atomic mass is 32.1. The Hall–Kier alpha value is -1.63. The number of aliphatic carboxylic acids is 1. The predicted octanol–water partition coefficient (Wildman–Crippen LogP) is 1.26. The van der Waals surface area contributed by atoms with Crippen LogP contribution in [0.4, 0.5) is 5.13 Å². The molecule has 0 aliphatic heterocycles. The fraction of sp³-hybridized carbons (Fsp3) is 0.615. The standard InChI is InChI=1S/C13H17N3O3S/c1-5-10(20-13(14)15-5)11(17)16-9-7-3-2-6(4-7)8(9)12(18)19/h6-9H,2-4H2,1H3,(H2,14,15)(H,16,17)(H,18,19). The third kappa shape index (κ3) is 2.06. The number of carboxylic acid groups (broad SMARTS) is 1. The number of nitrogens with two attached hydrogens (primary N) is 1. The summed E-state index contributed by atoms with van der Waals surface area (Å²) < 4.78 is 0. The number of hydrogen-bond acceptors (Lipinski definition) is 5. The van der Waals surface area contributed by atoms with E-state index in [4.69, 9.17) is 5.73 Å². The Balaban J connectivity index is 1.78. The maximum absolute atomic E-state index is 12.3. The molecule has 0 saturated heterocycles. The van der Waals surface area contributed by atoms with Crippen LogP contribution < -0.4 is 11.1 Å². The van der Waals surface area contributed by atoms with Gasteiger partial charge in [0.25, 0.3) is 5.91 Å². The monoisotopic (exact) mass is 295 g/mol. The molecule has 1 heterocycles. The summed E-state index contributed by atoms with van der Waals surface area (Å²) in [6.07, 6.45) is 2.87. The molecule has 2 saturated carbocycles. The van der Waals surface area contributed by atoms with Crippen LogP contribution in [-0.4, -0.2) is 28.0 Å². The molecule has 108 valence electrons. The first-order valence-electron chi connectivity index (χ1n) is 6.74. The minimum Gasteiger partial charge on any atom is -0.481 e. The molecule has 2 fully saturated rings. The third-order valence-electron chi connectivity index (χ3n) is 4.52. The van der Waals surface area contributed by atoms with Gasteiger partial charge in [-0.1, -0.05) is 11.3 Å². The molecule has 2 aliphatic rings. The van der Waals surface area contributed by atoms with Crippen molar-refractivity contribution in [2.45, 2.75) is 32.2 Å². The number of nitrogen functional groups attached to an aromatic ring is 1. The number of hydrogen-bond donors (Lipinski definition) is 3. The van der Waals surface area contributed by atoms with Gasteiger partial charge in [-0.2, -0.15) is 0 Å². The summed E-state index contributed by atoms with van der Waals surface area (Å²) in [5, 5.41) is 12.6. The lowest BCUT2D eigenvalue weighted by Gasteiger charge is -2.28. The average Bonchev–Trinajstić information content (AvgIpc) is 3.03. The Morgan fingerprint density at radius 2 is 2.10 bits per heavy atom. The second kappa shape index (κ2) is 4.73. The highest BCUT2D eigenvalue weighted by Gasteiger charge is 2.51. The zero-order chi connectivity index (χ0) is 14.4.